The normalized spacial score (nSPS) is 13.9. The standard InChI is InChI=1S/C21H39N7O4/c1-7-15(12-14(4)29)16(8-2)17(9-3)18(28(6)23)13-19(24-5)27-32-21(31)26-11-10-25-20(22)30/h9,15-16H,3,7-8,10-13,23H2,1-2,4-6H3,(H,24,27)(H,26,31)(H3,22,25,30)/b18-17+. The fraction of sp³-hybridized carbons (Fsp3) is 0.619. The molecule has 11 nitrogen and oxygen atoms in total. The number of nitrogens with one attached hydrogen (secondary N) is 3. The molecule has 2 atom stereocenters. The van der Waals surface area contributed by atoms with E-state index < -0.39 is 12.1 Å². The molecule has 0 aliphatic heterocycles. The highest BCUT2D eigenvalue weighted by Crippen LogP contribution is 2.33. The minimum atomic E-state index is -0.744. The highest BCUT2D eigenvalue weighted by molar-refractivity contribution is 5.84. The summed E-state index contributed by atoms with van der Waals surface area (Å²) in [5.41, 5.74) is 9.16. The lowest BCUT2D eigenvalue weighted by Gasteiger charge is -2.30. The van der Waals surface area contributed by atoms with Crippen LogP contribution in [0.1, 0.15) is 46.5 Å². The molecule has 0 heterocycles. The fourth-order valence-electron chi connectivity index (χ4n) is 3.47. The van der Waals surface area contributed by atoms with Crippen LogP contribution < -0.4 is 27.7 Å². The number of urea groups is 1. The topological polar surface area (TPSA) is 164 Å². The van der Waals surface area contributed by atoms with Gasteiger partial charge in [0.05, 0.1) is 0 Å². The summed E-state index contributed by atoms with van der Waals surface area (Å²) in [6.45, 7) is 10.0. The Hall–Kier alpha value is -3.08. The molecule has 0 aromatic carbocycles. The van der Waals surface area contributed by atoms with E-state index in [1.165, 1.54) is 5.01 Å². The van der Waals surface area contributed by atoms with Crippen molar-refractivity contribution in [2.75, 3.05) is 27.2 Å². The van der Waals surface area contributed by atoms with Crippen molar-refractivity contribution in [1.82, 2.24) is 21.1 Å². The molecule has 0 rings (SSSR count). The van der Waals surface area contributed by atoms with E-state index in [9.17, 15) is 14.4 Å². The molecule has 2 unspecified atom stereocenters. The number of hydroxylamine groups is 1. The van der Waals surface area contributed by atoms with E-state index in [-0.39, 0.29) is 37.1 Å². The van der Waals surface area contributed by atoms with Crippen LogP contribution in [-0.4, -0.2) is 55.9 Å². The smallest absolute Gasteiger partial charge is 0.352 e. The Labute approximate surface area is 190 Å². The van der Waals surface area contributed by atoms with E-state index >= 15 is 0 Å². The third-order valence-corrected chi connectivity index (χ3v) is 5.02. The number of aliphatic imine (C=N–C) groups is 1. The number of amides is 3. The molecule has 7 N–H and O–H groups in total. The first-order valence-electron chi connectivity index (χ1n) is 10.6. The van der Waals surface area contributed by atoms with Gasteiger partial charge in [0.2, 0.25) is 0 Å². The molecule has 0 spiro atoms. The van der Waals surface area contributed by atoms with Gasteiger partial charge >= 0.3 is 12.1 Å². The second-order valence-corrected chi connectivity index (χ2v) is 7.36. The van der Waals surface area contributed by atoms with Gasteiger partial charge in [-0.1, -0.05) is 32.9 Å². The van der Waals surface area contributed by atoms with Crippen molar-refractivity contribution in [1.29, 1.82) is 0 Å². The number of carbonyl (C=O) groups is 3. The number of nitrogens with zero attached hydrogens (tertiary/aromatic N) is 2. The molecular weight excluding hydrogens is 414 g/mol. The van der Waals surface area contributed by atoms with Crippen molar-refractivity contribution < 1.29 is 19.2 Å². The lowest BCUT2D eigenvalue weighted by molar-refractivity contribution is -0.118. The lowest BCUT2D eigenvalue weighted by atomic mass is 9.78. The first-order valence-corrected chi connectivity index (χ1v) is 10.6. The number of rotatable bonds is 13. The summed E-state index contributed by atoms with van der Waals surface area (Å²) in [5, 5.41) is 6.28. The second kappa shape index (κ2) is 15.7. The first kappa shape index (κ1) is 28.9. The van der Waals surface area contributed by atoms with Gasteiger partial charge in [0.1, 0.15) is 11.6 Å². The number of allylic oxidation sites excluding steroid dienone is 2. The number of ketones is 1. The van der Waals surface area contributed by atoms with E-state index in [4.69, 9.17) is 16.4 Å². The molecule has 0 saturated carbocycles. The zero-order valence-electron chi connectivity index (χ0n) is 19.9. The predicted molar refractivity (Wildman–Crippen MR) is 125 cm³/mol. The molecule has 3 amide bonds. The van der Waals surface area contributed by atoms with Crippen molar-refractivity contribution in [2.24, 2.45) is 28.4 Å². The average molecular weight is 454 g/mol. The molecule has 0 saturated heterocycles. The Morgan fingerprint density at radius 2 is 1.81 bits per heavy atom. The number of hydrazine groups is 1. The van der Waals surface area contributed by atoms with E-state index in [1.807, 2.05) is 0 Å². The van der Waals surface area contributed by atoms with Gasteiger partial charge in [-0.25, -0.2) is 20.9 Å². The van der Waals surface area contributed by atoms with Crippen LogP contribution in [0.3, 0.4) is 0 Å². The Morgan fingerprint density at radius 1 is 1.19 bits per heavy atom. The van der Waals surface area contributed by atoms with Gasteiger partial charge in [-0.2, -0.15) is 0 Å². The van der Waals surface area contributed by atoms with Gasteiger partial charge in [-0.15, -0.1) is 0 Å². The zero-order valence-corrected chi connectivity index (χ0v) is 19.9. The van der Waals surface area contributed by atoms with E-state index in [0.717, 1.165) is 24.1 Å². The molecule has 0 radical (unpaired) electrons. The number of carbonyl (C=O) groups excluding carboxylic acids is 3. The third kappa shape index (κ3) is 10.8. The SMILES string of the molecule is C=C/C(=C(/CC(=NC)NOC(=O)NCCNC(N)=O)N(C)N)C(CC)C(CC)CC(C)=O. The van der Waals surface area contributed by atoms with E-state index in [1.54, 1.807) is 27.1 Å². The van der Waals surface area contributed by atoms with E-state index in [0.29, 0.717) is 12.3 Å². The maximum atomic E-state index is 11.8. The number of amidine groups is 1. The maximum absolute atomic E-state index is 11.8. The summed E-state index contributed by atoms with van der Waals surface area (Å²) < 4.78 is 0. The van der Waals surface area contributed by atoms with Gasteiger partial charge in [0.15, 0.2) is 0 Å². The first-order chi connectivity index (χ1) is 15.1. The largest absolute Gasteiger partial charge is 0.431 e. The van der Waals surface area contributed by atoms with E-state index in [2.05, 4.69) is 41.5 Å². The molecule has 0 aliphatic rings. The number of nitrogens with two attached hydrogens (primary N) is 2. The number of hydrogen-bond donors (Lipinski definition) is 5. The summed E-state index contributed by atoms with van der Waals surface area (Å²) >= 11 is 0. The van der Waals surface area contributed by atoms with Gasteiger partial charge in [-0.05, 0) is 30.8 Å². The van der Waals surface area contributed by atoms with Gasteiger partial charge in [0, 0.05) is 45.7 Å². The van der Waals surface area contributed by atoms with Crippen molar-refractivity contribution in [3.63, 3.8) is 0 Å². The monoisotopic (exact) mass is 453 g/mol. The average Bonchev–Trinajstić information content (AvgIpc) is 2.73. The Balaban J connectivity index is 5.40. The minimum Gasteiger partial charge on any atom is -0.352 e. The molecular formula is C21H39N7O4. The summed E-state index contributed by atoms with van der Waals surface area (Å²) in [6, 6.07) is -0.680. The number of primary amides is 1. The van der Waals surface area contributed by atoms with Crippen LogP contribution in [0.15, 0.2) is 28.9 Å². The van der Waals surface area contributed by atoms with Crippen molar-refractivity contribution in [2.45, 2.75) is 46.5 Å². The molecule has 0 aromatic heterocycles. The van der Waals surface area contributed by atoms with Crippen LogP contribution in [0.5, 0.6) is 0 Å². The number of hydrogen-bond acceptors (Lipinski definition) is 7. The van der Waals surface area contributed by atoms with Crippen molar-refractivity contribution in [3.8, 4) is 0 Å². The van der Waals surface area contributed by atoms with Crippen LogP contribution in [0, 0.1) is 11.8 Å². The highest BCUT2D eigenvalue weighted by Gasteiger charge is 2.26. The summed E-state index contributed by atoms with van der Waals surface area (Å²) in [7, 11) is 3.27. The van der Waals surface area contributed by atoms with Crippen molar-refractivity contribution >= 4 is 23.7 Å². The van der Waals surface area contributed by atoms with Gasteiger partial charge < -0.3 is 31.0 Å². The lowest BCUT2D eigenvalue weighted by Crippen LogP contribution is -2.40. The molecule has 0 bridgehead atoms. The van der Waals surface area contributed by atoms with Crippen LogP contribution in [0.2, 0.25) is 0 Å². The Bertz CT molecular complexity index is 704. The summed E-state index contributed by atoms with van der Waals surface area (Å²) in [5.74, 6) is 6.89. The van der Waals surface area contributed by atoms with Gasteiger partial charge in [0.25, 0.3) is 0 Å². The van der Waals surface area contributed by atoms with Crippen LogP contribution >= 0.6 is 0 Å². The predicted octanol–water partition coefficient (Wildman–Crippen LogP) is 1.58. The second-order valence-electron chi connectivity index (χ2n) is 7.36. The van der Waals surface area contributed by atoms with Gasteiger partial charge in [-0.3, -0.25) is 4.99 Å². The van der Waals surface area contributed by atoms with Crippen molar-refractivity contribution in [3.05, 3.63) is 23.9 Å². The maximum Gasteiger partial charge on any atom is 0.431 e. The zero-order chi connectivity index (χ0) is 24.7. The summed E-state index contributed by atoms with van der Waals surface area (Å²) in [6.07, 6.45) is 3.42. The Morgan fingerprint density at radius 3 is 2.25 bits per heavy atom. The highest BCUT2D eigenvalue weighted by atomic mass is 16.7. The number of Topliss-reactive ketones (excluding diaryl/α,β-unsaturated/α-hetero) is 1. The minimum absolute atomic E-state index is 0.0856. The molecule has 182 valence electrons. The third-order valence-electron chi connectivity index (χ3n) is 5.02. The fourth-order valence-corrected chi connectivity index (χ4v) is 3.47. The molecule has 11 heteroatoms. The molecule has 32 heavy (non-hydrogen) atoms. The Kier molecular flexibility index (Phi) is 14.2. The van der Waals surface area contributed by atoms with Crippen LogP contribution in [0.4, 0.5) is 9.59 Å². The molecule has 0 fully saturated rings. The van der Waals surface area contributed by atoms with Crippen LogP contribution in [0.25, 0.3) is 0 Å². The molecule has 0 aromatic rings. The quantitative estimate of drug-likeness (QED) is 0.0705. The summed E-state index contributed by atoms with van der Waals surface area (Å²) in [4.78, 5) is 43.3. The molecule has 0 aliphatic carbocycles. The van der Waals surface area contributed by atoms with Crippen LogP contribution in [-0.2, 0) is 9.63 Å².